The number of nitrogens with zero attached hydrogens (tertiary/aromatic N) is 3. The maximum atomic E-state index is 5.36. The molecule has 0 unspecified atom stereocenters. The molecule has 0 radical (unpaired) electrons. The number of H-pyrrole nitrogens is 1. The molecule has 0 aliphatic carbocycles. The molecular formula is C12H18N6O. The largest absolute Gasteiger partial charge is 0.464 e. The third kappa shape index (κ3) is 3.12. The summed E-state index contributed by atoms with van der Waals surface area (Å²) in [5.41, 5.74) is 2.76. The van der Waals surface area contributed by atoms with Crippen LogP contribution in [0.15, 0.2) is 12.4 Å². The zero-order valence-electron chi connectivity index (χ0n) is 11.3. The van der Waals surface area contributed by atoms with E-state index >= 15 is 0 Å². The molecular weight excluding hydrogens is 244 g/mol. The number of aromatic amines is 1. The first-order chi connectivity index (χ1) is 9.24. The highest BCUT2D eigenvalue weighted by atomic mass is 16.5. The quantitative estimate of drug-likeness (QED) is 0.732. The Morgan fingerprint density at radius 1 is 1.37 bits per heavy atom. The summed E-state index contributed by atoms with van der Waals surface area (Å²) in [6.07, 6.45) is 3.60. The van der Waals surface area contributed by atoms with Gasteiger partial charge in [0.2, 0.25) is 0 Å². The minimum absolute atomic E-state index is 0.383. The Balaban J connectivity index is 2.20. The molecule has 0 saturated carbocycles. The Morgan fingerprint density at radius 2 is 2.21 bits per heavy atom. The molecule has 0 bridgehead atoms. The third-order valence-corrected chi connectivity index (χ3v) is 2.61. The van der Waals surface area contributed by atoms with Crippen LogP contribution in [-0.2, 0) is 6.54 Å². The average molecular weight is 262 g/mol. The predicted molar refractivity (Wildman–Crippen MR) is 73.4 cm³/mol. The number of anilines is 2. The van der Waals surface area contributed by atoms with Crippen molar-refractivity contribution in [3.8, 4) is 6.01 Å². The van der Waals surface area contributed by atoms with Crippen LogP contribution in [0, 0.1) is 6.92 Å². The smallest absolute Gasteiger partial charge is 0.318 e. The summed E-state index contributed by atoms with van der Waals surface area (Å²) in [7, 11) is 1.84. The predicted octanol–water partition coefficient (Wildman–Crippen LogP) is 1.56. The van der Waals surface area contributed by atoms with Gasteiger partial charge in [-0.2, -0.15) is 15.1 Å². The van der Waals surface area contributed by atoms with Crippen molar-refractivity contribution in [3.05, 3.63) is 23.7 Å². The van der Waals surface area contributed by atoms with Crippen molar-refractivity contribution < 1.29 is 4.74 Å². The van der Waals surface area contributed by atoms with Crippen LogP contribution in [0.2, 0.25) is 0 Å². The fourth-order valence-electron chi connectivity index (χ4n) is 1.73. The van der Waals surface area contributed by atoms with E-state index in [0.717, 1.165) is 22.8 Å². The standard InChI is InChI=1S/C12H18N6O/c1-4-19-12-17-8(2)10(13-3)11(18-12)14-5-9-6-15-16-7-9/h6-7,13H,4-5H2,1-3H3,(H,15,16)(H,14,17,18). The lowest BCUT2D eigenvalue weighted by molar-refractivity contribution is 0.312. The molecule has 0 aromatic carbocycles. The van der Waals surface area contributed by atoms with Crippen LogP contribution >= 0.6 is 0 Å². The van der Waals surface area contributed by atoms with Gasteiger partial charge in [-0.15, -0.1) is 0 Å². The number of nitrogens with one attached hydrogen (secondary N) is 3. The van der Waals surface area contributed by atoms with Gasteiger partial charge in [0.15, 0.2) is 5.82 Å². The molecule has 2 aromatic heterocycles. The number of ether oxygens (including phenoxy) is 1. The molecule has 2 aromatic rings. The number of rotatable bonds is 6. The SMILES string of the molecule is CCOc1nc(C)c(NC)c(NCc2cn[nH]c2)n1. The number of aryl methyl sites for hydroxylation is 1. The molecule has 0 saturated heterocycles. The minimum atomic E-state index is 0.383. The number of hydrogen-bond donors (Lipinski definition) is 3. The van der Waals surface area contributed by atoms with Gasteiger partial charge in [-0.3, -0.25) is 5.10 Å². The minimum Gasteiger partial charge on any atom is -0.464 e. The van der Waals surface area contributed by atoms with Crippen LogP contribution in [0.4, 0.5) is 11.5 Å². The van der Waals surface area contributed by atoms with Gasteiger partial charge in [0.05, 0.1) is 24.2 Å². The highest BCUT2D eigenvalue weighted by molar-refractivity contribution is 5.67. The van der Waals surface area contributed by atoms with E-state index in [2.05, 4.69) is 30.8 Å². The van der Waals surface area contributed by atoms with E-state index in [1.54, 1.807) is 6.20 Å². The van der Waals surface area contributed by atoms with Gasteiger partial charge >= 0.3 is 6.01 Å². The van der Waals surface area contributed by atoms with E-state index in [9.17, 15) is 0 Å². The Bertz CT molecular complexity index is 525. The molecule has 0 atom stereocenters. The first-order valence-corrected chi connectivity index (χ1v) is 6.15. The lowest BCUT2D eigenvalue weighted by Crippen LogP contribution is -2.09. The summed E-state index contributed by atoms with van der Waals surface area (Å²) in [6.45, 7) is 5.00. The van der Waals surface area contributed by atoms with Gasteiger partial charge in [0.1, 0.15) is 0 Å². The van der Waals surface area contributed by atoms with E-state index in [4.69, 9.17) is 4.74 Å². The molecule has 102 valence electrons. The molecule has 2 rings (SSSR count). The van der Waals surface area contributed by atoms with Gasteiger partial charge in [-0.1, -0.05) is 0 Å². The monoisotopic (exact) mass is 262 g/mol. The third-order valence-electron chi connectivity index (χ3n) is 2.61. The Morgan fingerprint density at radius 3 is 2.84 bits per heavy atom. The Hall–Kier alpha value is -2.31. The number of hydrogen-bond acceptors (Lipinski definition) is 6. The van der Waals surface area contributed by atoms with Gasteiger partial charge in [0, 0.05) is 25.4 Å². The molecule has 19 heavy (non-hydrogen) atoms. The second kappa shape index (κ2) is 6.03. The van der Waals surface area contributed by atoms with Crippen molar-refractivity contribution in [1.29, 1.82) is 0 Å². The van der Waals surface area contributed by atoms with E-state index in [-0.39, 0.29) is 0 Å². The second-order valence-corrected chi connectivity index (χ2v) is 3.96. The van der Waals surface area contributed by atoms with Crippen LogP contribution < -0.4 is 15.4 Å². The maximum absolute atomic E-state index is 5.36. The second-order valence-electron chi connectivity index (χ2n) is 3.96. The summed E-state index contributed by atoms with van der Waals surface area (Å²) >= 11 is 0. The molecule has 3 N–H and O–H groups in total. The van der Waals surface area contributed by atoms with Crippen LogP contribution in [0.25, 0.3) is 0 Å². The molecule has 7 nitrogen and oxygen atoms in total. The first kappa shape index (κ1) is 13.1. The van der Waals surface area contributed by atoms with Crippen LogP contribution in [0.5, 0.6) is 6.01 Å². The topological polar surface area (TPSA) is 87.8 Å². The van der Waals surface area contributed by atoms with Crippen molar-refractivity contribution in [2.45, 2.75) is 20.4 Å². The molecule has 2 heterocycles. The maximum Gasteiger partial charge on any atom is 0.318 e. The molecule has 0 amide bonds. The van der Waals surface area contributed by atoms with Crippen molar-refractivity contribution >= 4 is 11.5 Å². The van der Waals surface area contributed by atoms with Crippen LogP contribution in [0.3, 0.4) is 0 Å². The summed E-state index contributed by atoms with van der Waals surface area (Å²) in [5, 5.41) is 13.0. The summed E-state index contributed by atoms with van der Waals surface area (Å²) in [4.78, 5) is 8.64. The summed E-state index contributed by atoms with van der Waals surface area (Å²) in [6, 6.07) is 0.383. The zero-order valence-corrected chi connectivity index (χ0v) is 11.3. The fourth-order valence-corrected chi connectivity index (χ4v) is 1.73. The van der Waals surface area contributed by atoms with E-state index < -0.39 is 0 Å². The van der Waals surface area contributed by atoms with E-state index in [0.29, 0.717) is 19.2 Å². The van der Waals surface area contributed by atoms with Crippen molar-refractivity contribution in [1.82, 2.24) is 20.2 Å². The molecule has 0 aliphatic rings. The van der Waals surface area contributed by atoms with Crippen LogP contribution in [0.1, 0.15) is 18.2 Å². The lowest BCUT2D eigenvalue weighted by atomic mass is 10.3. The average Bonchev–Trinajstić information content (AvgIpc) is 2.89. The fraction of sp³-hybridized carbons (Fsp3) is 0.417. The first-order valence-electron chi connectivity index (χ1n) is 6.15. The molecule has 0 fully saturated rings. The number of aromatic nitrogens is 4. The summed E-state index contributed by atoms with van der Waals surface area (Å²) < 4.78 is 5.36. The van der Waals surface area contributed by atoms with E-state index in [1.807, 2.05) is 27.1 Å². The molecule has 7 heteroatoms. The lowest BCUT2D eigenvalue weighted by Gasteiger charge is -2.13. The van der Waals surface area contributed by atoms with Crippen LogP contribution in [-0.4, -0.2) is 33.8 Å². The Labute approximate surface area is 111 Å². The van der Waals surface area contributed by atoms with Gasteiger partial charge in [-0.25, -0.2) is 0 Å². The van der Waals surface area contributed by atoms with Crippen molar-refractivity contribution in [3.63, 3.8) is 0 Å². The molecule has 0 spiro atoms. The van der Waals surface area contributed by atoms with Crippen molar-refractivity contribution in [2.75, 3.05) is 24.3 Å². The molecule has 0 aliphatic heterocycles. The summed E-state index contributed by atoms with van der Waals surface area (Å²) in [5.74, 6) is 0.722. The Kier molecular flexibility index (Phi) is 4.17. The van der Waals surface area contributed by atoms with E-state index in [1.165, 1.54) is 0 Å². The van der Waals surface area contributed by atoms with Crippen molar-refractivity contribution in [2.24, 2.45) is 0 Å². The van der Waals surface area contributed by atoms with Gasteiger partial charge in [0.25, 0.3) is 0 Å². The van der Waals surface area contributed by atoms with Gasteiger partial charge in [-0.05, 0) is 13.8 Å². The highest BCUT2D eigenvalue weighted by Gasteiger charge is 2.11. The highest BCUT2D eigenvalue weighted by Crippen LogP contribution is 2.24. The van der Waals surface area contributed by atoms with Gasteiger partial charge < -0.3 is 15.4 Å². The zero-order chi connectivity index (χ0) is 13.7. The normalized spacial score (nSPS) is 10.3.